The molecule has 0 aliphatic heterocycles. The van der Waals surface area contributed by atoms with Gasteiger partial charge in [-0.3, -0.25) is 15.2 Å². The van der Waals surface area contributed by atoms with Crippen LogP contribution in [0.15, 0.2) is 17.5 Å². The highest BCUT2D eigenvalue weighted by Gasteiger charge is 2.29. The second kappa shape index (κ2) is 7.28. The maximum atomic E-state index is 14.0. The van der Waals surface area contributed by atoms with Gasteiger partial charge in [0.15, 0.2) is 0 Å². The van der Waals surface area contributed by atoms with Gasteiger partial charge in [0, 0.05) is 11.3 Å². The number of benzene rings is 1. The number of methoxy groups -OCH3 is 1. The molecule has 0 saturated carbocycles. The Morgan fingerprint density at radius 2 is 2.26 bits per heavy atom. The number of hydrogen-bond donors (Lipinski definition) is 2. The SMILES string of the molecule is CCCc1[nH]nc(-c2c(OC)ccc(F)c2[N+](=O)[O-])c1/C=C/S. The smallest absolute Gasteiger partial charge is 0.317 e. The van der Waals surface area contributed by atoms with Crippen LogP contribution in [0.3, 0.4) is 0 Å². The molecule has 6 nitrogen and oxygen atoms in total. The lowest BCUT2D eigenvalue weighted by Gasteiger charge is -2.09. The predicted molar refractivity (Wildman–Crippen MR) is 89.2 cm³/mol. The number of nitro groups is 1. The molecule has 0 aliphatic carbocycles. The number of ether oxygens (including phenoxy) is 1. The fourth-order valence-corrected chi connectivity index (χ4v) is 2.55. The molecule has 2 aromatic rings. The van der Waals surface area contributed by atoms with Gasteiger partial charge in [-0.25, -0.2) is 0 Å². The van der Waals surface area contributed by atoms with E-state index in [4.69, 9.17) is 4.74 Å². The topological polar surface area (TPSA) is 81.0 Å². The summed E-state index contributed by atoms with van der Waals surface area (Å²) >= 11 is 4.06. The van der Waals surface area contributed by atoms with Crippen LogP contribution in [0, 0.1) is 15.9 Å². The van der Waals surface area contributed by atoms with E-state index < -0.39 is 16.4 Å². The minimum absolute atomic E-state index is 0.0116. The highest BCUT2D eigenvalue weighted by Crippen LogP contribution is 2.41. The summed E-state index contributed by atoms with van der Waals surface area (Å²) in [6, 6.07) is 2.36. The molecule has 0 spiro atoms. The third-order valence-corrected chi connectivity index (χ3v) is 3.50. The van der Waals surface area contributed by atoms with Crippen molar-refractivity contribution in [1.29, 1.82) is 0 Å². The van der Waals surface area contributed by atoms with E-state index in [1.165, 1.54) is 18.6 Å². The van der Waals surface area contributed by atoms with Gasteiger partial charge in [0.25, 0.3) is 0 Å². The van der Waals surface area contributed by atoms with Crippen molar-refractivity contribution in [3.05, 3.63) is 44.7 Å². The Bertz CT molecular complexity index is 759. The van der Waals surface area contributed by atoms with E-state index >= 15 is 0 Å². The zero-order valence-electron chi connectivity index (χ0n) is 12.7. The molecule has 1 aromatic carbocycles. The lowest BCUT2D eigenvalue weighted by Crippen LogP contribution is -2.00. The number of nitrogens with one attached hydrogen (secondary N) is 1. The van der Waals surface area contributed by atoms with E-state index in [-0.39, 0.29) is 17.0 Å². The third kappa shape index (κ3) is 3.21. The van der Waals surface area contributed by atoms with Crippen LogP contribution in [0.5, 0.6) is 5.75 Å². The van der Waals surface area contributed by atoms with Crippen molar-refractivity contribution in [2.75, 3.05) is 7.11 Å². The minimum Gasteiger partial charge on any atom is -0.496 e. The van der Waals surface area contributed by atoms with Crippen molar-refractivity contribution in [2.45, 2.75) is 19.8 Å². The van der Waals surface area contributed by atoms with Gasteiger partial charge in [-0.05, 0) is 30.0 Å². The number of nitro benzene ring substituents is 1. The fraction of sp³-hybridized carbons (Fsp3) is 0.267. The quantitative estimate of drug-likeness (QED) is 0.474. The van der Waals surface area contributed by atoms with Gasteiger partial charge in [0.1, 0.15) is 17.0 Å². The molecule has 0 fully saturated rings. The van der Waals surface area contributed by atoms with Gasteiger partial charge in [-0.1, -0.05) is 13.3 Å². The summed E-state index contributed by atoms with van der Waals surface area (Å²) < 4.78 is 19.2. The van der Waals surface area contributed by atoms with E-state index in [1.807, 2.05) is 6.92 Å². The monoisotopic (exact) mass is 337 g/mol. The van der Waals surface area contributed by atoms with Gasteiger partial charge >= 0.3 is 5.69 Å². The Kier molecular flexibility index (Phi) is 5.38. The molecule has 1 N–H and O–H groups in total. The molecule has 23 heavy (non-hydrogen) atoms. The molecule has 0 unspecified atom stereocenters. The maximum absolute atomic E-state index is 14.0. The molecule has 8 heteroatoms. The molecule has 0 atom stereocenters. The average molecular weight is 337 g/mol. The molecule has 0 aliphatic rings. The number of aromatic amines is 1. The van der Waals surface area contributed by atoms with Gasteiger partial charge in [0.05, 0.1) is 12.0 Å². The normalized spacial score (nSPS) is 11.1. The molecular weight excluding hydrogens is 321 g/mol. The van der Waals surface area contributed by atoms with Gasteiger partial charge in [0.2, 0.25) is 5.82 Å². The summed E-state index contributed by atoms with van der Waals surface area (Å²) in [6.45, 7) is 2.00. The highest BCUT2D eigenvalue weighted by molar-refractivity contribution is 7.83. The van der Waals surface area contributed by atoms with Crippen molar-refractivity contribution >= 4 is 24.4 Å². The standard InChI is InChI=1S/C15H16FN3O3S/c1-3-4-11-9(7-8-23)14(18-17-11)13-12(22-2)6-5-10(16)15(13)19(20)21/h5-8,23H,3-4H2,1-2H3,(H,17,18)/b8-7+. The fourth-order valence-electron chi connectivity index (χ4n) is 2.40. The second-order valence-corrected chi connectivity index (χ2v) is 5.06. The minimum atomic E-state index is -0.938. The van der Waals surface area contributed by atoms with E-state index in [9.17, 15) is 14.5 Å². The summed E-state index contributed by atoms with van der Waals surface area (Å²) in [6.07, 6.45) is 3.23. The number of thiol groups is 1. The van der Waals surface area contributed by atoms with Crippen LogP contribution < -0.4 is 4.74 Å². The Balaban J connectivity index is 2.80. The first kappa shape index (κ1) is 17.0. The number of aromatic nitrogens is 2. The van der Waals surface area contributed by atoms with Crippen LogP contribution in [0.1, 0.15) is 24.6 Å². The average Bonchev–Trinajstić information content (AvgIpc) is 2.90. The number of hydrogen-bond acceptors (Lipinski definition) is 5. The van der Waals surface area contributed by atoms with Crippen LogP contribution in [0.2, 0.25) is 0 Å². The lowest BCUT2D eigenvalue weighted by atomic mass is 10.0. The Morgan fingerprint density at radius 3 is 2.83 bits per heavy atom. The molecule has 0 radical (unpaired) electrons. The summed E-state index contributed by atoms with van der Waals surface area (Å²) in [5.41, 5.74) is 1.05. The molecule has 0 saturated heterocycles. The molecule has 122 valence electrons. The van der Waals surface area contributed by atoms with Crippen molar-refractivity contribution in [3.63, 3.8) is 0 Å². The molecule has 0 amide bonds. The zero-order valence-corrected chi connectivity index (χ0v) is 13.6. The summed E-state index contributed by atoms with van der Waals surface area (Å²) in [5, 5.41) is 19.8. The Labute approximate surface area is 137 Å². The summed E-state index contributed by atoms with van der Waals surface area (Å²) in [5.74, 6) is -0.756. The van der Waals surface area contributed by atoms with Crippen LogP contribution in [0.25, 0.3) is 17.3 Å². The number of halogens is 1. The van der Waals surface area contributed by atoms with Crippen molar-refractivity contribution < 1.29 is 14.1 Å². The van der Waals surface area contributed by atoms with Crippen molar-refractivity contribution in [2.24, 2.45) is 0 Å². The predicted octanol–water partition coefficient (Wildman–Crippen LogP) is 3.99. The van der Waals surface area contributed by atoms with Crippen LogP contribution in [-0.4, -0.2) is 22.2 Å². The lowest BCUT2D eigenvalue weighted by molar-refractivity contribution is -0.386. The van der Waals surface area contributed by atoms with E-state index in [2.05, 4.69) is 22.8 Å². The van der Waals surface area contributed by atoms with E-state index in [1.54, 1.807) is 6.08 Å². The second-order valence-electron chi connectivity index (χ2n) is 4.76. The van der Waals surface area contributed by atoms with Crippen LogP contribution >= 0.6 is 12.6 Å². The number of rotatable bonds is 6. The first-order chi connectivity index (χ1) is 11.0. The Morgan fingerprint density at radius 1 is 1.52 bits per heavy atom. The largest absolute Gasteiger partial charge is 0.496 e. The maximum Gasteiger partial charge on any atom is 0.317 e. The summed E-state index contributed by atoms with van der Waals surface area (Å²) in [7, 11) is 1.37. The van der Waals surface area contributed by atoms with Crippen LogP contribution in [0.4, 0.5) is 10.1 Å². The first-order valence-electron chi connectivity index (χ1n) is 6.94. The number of aryl methyl sites for hydroxylation is 1. The number of nitrogens with zero attached hydrogens (tertiary/aromatic N) is 2. The molecular formula is C15H16FN3O3S. The molecule has 1 aromatic heterocycles. The van der Waals surface area contributed by atoms with Gasteiger partial charge in [-0.15, -0.1) is 0 Å². The van der Waals surface area contributed by atoms with E-state index in [0.29, 0.717) is 12.0 Å². The first-order valence-corrected chi connectivity index (χ1v) is 7.46. The number of H-pyrrole nitrogens is 1. The van der Waals surface area contributed by atoms with Crippen molar-refractivity contribution in [1.82, 2.24) is 10.2 Å². The summed E-state index contributed by atoms with van der Waals surface area (Å²) in [4.78, 5) is 10.6. The highest BCUT2D eigenvalue weighted by atomic mass is 32.1. The molecule has 1 heterocycles. The van der Waals surface area contributed by atoms with E-state index in [0.717, 1.165) is 18.2 Å². The Hall–Kier alpha value is -2.35. The van der Waals surface area contributed by atoms with Gasteiger partial charge < -0.3 is 4.74 Å². The molecule has 2 rings (SSSR count). The van der Waals surface area contributed by atoms with Gasteiger partial charge in [-0.2, -0.15) is 22.1 Å². The van der Waals surface area contributed by atoms with Crippen LogP contribution in [-0.2, 0) is 6.42 Å². The molecule has 0 bridgehead atoms. The third-order valence-electron chi connectivity index (χ3n) is 3.35. The zero-order chi connectivity index (χ0) is 17.0. The van der Waals surface area contributed by atoms with Crippen molar-refractivity contribution in [3.8, 4) is 17.0 Å².